The molecule has 0 saturated carbocycles. The van der Waals surface area contributed by atoms with E-state index in [0.717, 1.165) is 6.20 Å². The van der Waals surface area contributed by atoms with E-state index in [4.69, 9.17) is 11.6 Å². The van der Waals surface area contributed by atoms with Crippen LogP contribution in [0.1, 0.15) is 54.0 Å². The Hall–Kier alpha value is -2.16. The second kappa shape index (κ2) is 7.46. The molecule has 0 fully saturated rings. The molecule has 0 bridgehead atoms. The van der Waals surface area contributed by atoms with Gasteiger partial charge in [0.15, 0.2) is 5.69 Å². The molecule has 6 nitrogen and oxygen atoms in total. The number of hydrogen-bond donors (Lipinski definition) is 1. The van der Waals surface area contributed by atoms with Crippen LogP contribution in [0, 0.1) is 5.92 Å². The Labute approximate surface area is 159 Å². The highest BCUT2D eigenvalue weighted by Gasteiger charge is 2.35. The number of nitrogens with zero attached hydrogens (tertiary/aromatic N) is 4. The zero-order chi connectivity index (χ0) is 19.8. The number of aryl methyl sites for hydroxylation is 1. The number of amides is 1. The van der Waals surface area contributed by atoms with Gasteiger partial charge in [-0.1, -0.05) is 25.4 Å². The van der Waals surface area contributed by atoms with Crippen LogP contribution in [-0.2, 0) is 19.1 Å². The maximum absolute atomic E-state index is 12.8. The lowest BCUT2D eigenvalue weighted by Gasteiger charge is -2.23. The maximum atomic E-state index is 12.8. The third-order valence-electron chi connectivity index (χ3n) is 4.43. The van der Waals surface area contributed by atoms with Crippen molar-refractivity contribution in [2.75, 3.05) is 6.54 Å². The second-order valence-electron chi connectivity index (χ2n) is 6.89. The molecule has 0 aliphatic carbocycles. The normalized spacial score (nSPS) is 17.1. The van der Waals surface area contributed by atoms with Gasteiger partial charge in [0.25, 0.3) is 5.91 Å². The van der Waals surface area contributed by atoms with Crippen LogP contribution in [0.25, 0.3) is 0 Å². The number of carbonyl (C=O) groups excluding carboxylic acids is 1. The minimum absolute atomic E-state index is 0.00177. The van der Waals surface area contributed by atoms with Gasteiger partial charge in [0.05, 0.1) is 11.2 Å². The Morgan fingerprint density at radius 2 is 2.15 bits per heavy atom. The molecule has 1 atom stereocenters. The highest BCUT2D eigenvalue weighted by molar-refractivity contribution is 6.33. The number of hydrogen-bond acceptors (Lipinski definition) is 4. The van der Waals surface area contributed by atoms with E-state index in [1.165, 1.54) is 10.8 Å². The molecule has 2 aromatic heterocycles. The molecule has 0 aromatic carbocycles. The Kier molecular flexibility index (Phi) is 5.41. The van der Waals surface area contributed by atoms with Crippen LogP contribution in [0.2, 0.25) is 5.02 Å². The number of nitrogens with one attached hydrogen (secondary N) is 1. The van der Waals surface area contributed by atoms with Crippen molar-refractivity contribution in [1.82, 2.24) is 24.8 Å². The Bertz CT molecular complexity index is 850. The first-order valence-corrected chi connectivity index (χ1v) is 8.96. The van der Waals surface area contributed by atoms with Crippen molar-refractivity contribution in [2.24, 2.45) is 5.92 Å². The topological polar surface area (TPSA) is 72.7 Å². The van der Waals surface area contributed by atoms with Crippen molar-refractivity contribution in [3.63, 3.8) is 0 Å². The summed E-state index contributed by atoms with van der Waals surface area (Å²) in [7, 11) is 0. The summed E-state index contributed by atoms with van der Waals surface area (Å²) >= 11 is 6.02. The minimum Gasteiger partial charge on any atom is -0.350 e. The van der Waals surface area contributed by atoms with Crippen LogP contribution < -0.4 is 5.32 Å². The summed E-state index contributed by atoms with van der Waals surface area (Å²) in [6, 6.07) is 0. The smallest absolute Gasteiger partial charge is 0.350 e. The van der Waals surface area contributed by atoms with Crippen molar-refractivity contribution in [2.45, 2.75) is 45.3 Å². The molecule has 146 valence electrons. The summed E-state index contributed by atoms with van der Waals surface area (Å²) in [6.07, 6.45) is -0.951. The van der Waals surface area contributed by atoms with Crippen molar-refractivity contribution in [1.29, 1.82) is 0 Å². The molecule has 1 unspecified atom stereocenters. The quantitative estimate of drug-likeness (QED) is 0.851. The zero-order valence-corrected chi connectivity index (χ0v) is 15.6. The van der Waals surface area contributed by atoms with Crippen LogP contribution in [0.15, 0.2) is 12.4 Å². The highest BCUT2D eigenvalue weighted by Crippen LogP contribution is 2.30. The van der Waals surface area contributed by atoms with E-state index in [2.05, 4.69) is 20.3 Å². The lowest BCUT2D eigenvalue weighted by Crippen LogP contribution is -2.34. The lowest BCUT2D eigenvalue weighted by atomic mass is 9.99. The number of rotatable bonds is 4. The molecule has 0 saturated heterocycles. The number of halogens is 4. The largest absolute Gasteiger partial charge is 0.434 e. The number of fused-ring (bicyclic) bond motifs is 1. The number of alkyl halides is 3. The SMILES string of the molecule is CC(C)c1ncc(Cl)c(C(=O)NCC2CCc3nc(C(F)(F)F)cn3C2)n1. The molecular weight excluding hydrogens is 383 g/mol. The standard InChI is InChI=1S/C17H19ClF3N5O/c1-9(2)15-22-6-11(18)14(25-15)16(27)23-5-10-3-4-13-24-12(17(19,20)21)8-26(13)7-10/h6,8-10H,3-5,7H2,1-2H3,(H,23,27). The van der Waals surface area contributed by atoms with E-state index in [1.807, 2.05) is 13.8 Å². The van der Waals surface area contributed by atoms with E-state index in [-0.39, 0.29) is 22.6 Å². The van der Waals surface area contributed by atoms with Gasteiger partial charge in [0.2, 0.25) is 0 Å². The maximum Gasteiger partial charge on any atom is 0.434 e. The van der Waals surface area contributed by atoms with Crippen LogP contribution in [0.5, 0.6) is 0 Å². The number of aromatic nitrogens is 4. The molecule has 1 amide bonds. The highest BCUT2D eigenvalue weighted by atomic mass is 35.5. The first kappa shape index (κ1) is 19.6. The zero-order valence-electron chi connectivity index (χ0n) is 14.8. The van der Waals surface area contributed by atoms with Crippen molar-refractivity contribution >= 4 is 17.5 Å². The van der Waals surface area contributed by atoms with Gasteiger partial charge in [-0.3, -0.25) is 4.79 Å². The molecule has 1 aliphatic rings. The first-order valence-electron chi connectivity index (χ1n) is 8.59. The van der Waals surface area contributed by atoms with Crippen molar-refractivity contribution < 1.29 is 18.0 Å². The Morgan fingerprint density at radius 3 is 2.81 bits per heavy atom. The molecule has 10 heteroatoms. The van der Waals surface area contributed by atoms with Gasteiger partial charge in [-0.05, 0) is 12.3 Å². The fraction of sp³-hybridized carbons (Fsp3) is 0.529. The minimum atomic E-state index is -4.45. The van der Waals surface area contributed by atoms with Gasteiger partial charge in [-0.15, -0.1) is 0 Å². The molecule has 27 heavy (non-hydrogen) atoms. The van der Waals surface area contributed by atoms with Gasteiger partial charge in [-0.25, -0.2) is 15.0 Å². The average molecular weight is 402 g/mol. The fourth-order valence-electron chi connectivity index (χ4n) is 2.96. The molecule has 3 rings (SSSR count). The van der Waals surface area contributed by atoms with Crippen LogP contribution in [0.4, 0.5) is 13.2 Å². The summed E-state index contributed by atoms with van der Waals surface area (Å²) in [6.45, 7) is 4.50. The van der Waals surface area contributed by atoms with Crippen LogP contribution in [0.3, 0.4) is 0 Å². The molecule has 0 spiro atoms. The number of imidazole rings is 1. The van der Waals surface area contributed by atoms with Crippen molar-refractivity contribution in [3.05, 3.63) is 40.5 Å². The van der Waals surface area contributed by atoms with E-state index < -0.39 is 17.8 Å². The van der Waals surface area contributed by atoms with E-state index in [1.54, 1.807) is 0 Å². The summed E-state index contributed by atoms with van der Waals surface area (Å²) in [5, 5.41) is 2.93. The molecule has 3 heterocycles. The van der Waals surface area contributed by atoms with E-state index >= 15 is 0 Å². The van der Waals surface area contributed by atoms with Gasteiger partial charge in [0, 0.05) is 31.6 Å². The molecule has 1 N–H and O–H groups in total. The number of carbonyl (C=O) groups is 1. The third kappa shape index (κ3) is 4.40. The Morgan fingerprint density at radius 1 is 1.41 bits per heavy atom. The lowest BCUT2D eigenvalue weighted by molar-refractivity contribution is -0.141. The van der Waals surface area contributed by atoms with Gasteiger partial charge >= 0.3 is 6.18 Å². The Balaban J connectivity index is 1.64. The van der Waals surface area contributed by atoms with Crippen LogP contribution in [-0.4, -0.2) is 32.0 Å². The van der Waals surface area contributed by atoms with Gasteiger partial charge < -0.3 is 9.88 Å². The van der Waals surface area contributed by atoms with E-state index in [9.17, 15) is 18.0 Å². The summed E-state index contributed by atoms with van der Waals surface area (Å²) < 4.78 is 39.9. The van der Waals surface area contributed by atoms with Gasteiger partial charge in [0.1, 0.15) is 17.3 Å². The van der Waals surface area contributed by atoms with E-state index in [0.29, 0.717) is 37.6 Å². The fourth-order valence-corrected chi connectivity index (χ4v) is 3.13. The van der Waals surface area contributed by atoms with Gasteiger partial charge in [-0.2, -0.15) is 13.2 Å². The predicted molar refractivity (Wildman–Crippen MR) is 92.5 cm³/mol. The third-order valence-corrected chi connectivity index (χ3v) is 4.70. The average Bonchev–Trinajstić information content (AvgIpc) is 3.03. The predicted octanol–water partition coefficient (Wildman–Crippen LogP) is 3.46. The monoisotopic (exact) mass is 401 g/mol. The molecule has 2 aromatic rings. The first-order chi connectivity index (χ1) is 12.6. The molecule has 1 aliphatic heterocycles. The summed E-state index contributed by atoms with van der Waals surface area (Å²) in [5.41, 5.74) is -0.773. The summed E-state index contributed by atoms with van der Waals surface area (Å²) in [5.74, 6) is 0.573. The summed E-state index contributed by atoms with van der Waals surface area (Å²) in [4.78, 5) is 24.4. The molecular formula is C17H19ClF3N5O. The van der Waals surface area contributed by atoms with Crippen LogP contribution >= 0.6 is 11.6 Å². The second-order valence-corrected chi connectivity index (χ2v) is 7.29. The van der Waals surface area contributed by atoms with Crippen molar-refractivity contribution in [3.8, 4) is 0 Å². The molecule has 0 radical (unpaired) electrons.